The van der Waals surface area contributed by atoms with Crippen molar-refractivity contribution >= 4 is 0 Å². The molecular formula is C18H36NO2+. The number of ether oxygens (including phenoxy) is 2. The standard InChI is InChI=1S/C18H36NO2/c1-15(12-18(2,3)4)11-17-20-14-16(21-17)13-19(5)9-7-6-8-10-19/h15-17H,6-14H2,1-5H3/q+1/t15-,16-,17-/m1/s1. The van der Waals surface area contributed by atoms with Crippen LogP contribution in [0.2, 0.25) is 0 Å². The largest absolute Gasteiger partial charge is 0.350 e. The number of piperidine rings is 1. The van der Waals surface area contributed by atoms with E-state index in [0.29, 0.717) is 17.4 Å². The van der Waals surface area contributed by atoms with Crippen LogP contribution in [0, 0.1) is 11.3 Å². The van der Waals surface area contributed by atoms with Crippen molar-refractivity contribution in [1.82, 2.24) is 0 Å². The Kier molecular flexibility index (Phi) is 5.72. The first-order valence-corrected chi connectivity index (χ1v) is 8.86. The highest BCUT2D eigenvalue weighted by molar-refractivity contribution is 4.72. The fourth-order valence-corrected chi connectivity index (χ4v) is 4.13. The maximum atomic E-state index is 6.18. The summed E-state index contributed by atoms with van der Waals surface area (Å²) in [5.74, 6) is 0.661. The van der Waals surface area contributed by atoms with Gasteiger partial charge >= 0.3 is 0 Å². The van der Waals surface area contributed by atoms with Crippen LogP contribution in [0.5, 0.6) is 0 Å². The van der Waals surface area contributed by atoms with E-state index in [4.69, 9.17) is 9.47 Å². The predicted octanol–water partition coefficient (Wildman–Crippen LogP) is 3.82. The van der Waals surface area contributed by atoms with Gasteiger partial charge in [-0.3, -0.25) is 0 Å². The molecule has 0 aliphatic carbocycles. The van der Waals surface area contributed by atoms with Gasteiger partial charge in [0, 0.05) is 6.42 Å². The van der Waals surface area contributed by atoms with Gasteiger partial charge in [0.05, 0.1) is 26.7 Å². The molecule has 2 aliphatic heterocycles. The van der Waals surface area contributed by atoms with Gasteiger partial charge in [-0.1, -0.05) is 27.7 Å². The average molecular weight is 298 g/mol. The van der Waals surface area contributed by atoms with Crippen LogP contribution in [0.4, 0.5) is 0 Å². The number of hydrogen-bond acceptors (Lipinski definition) is 2. The molecule has 0 saturated carbocycles. The second kappa shape index (κ2) is 6.97. The molecule has 21 heavy (non-hydrogen) atoms. The maximum absolute atomic E-state index is 6.18. The summed E-state index contributed by atoms with van der Waals surface area (Å²) in [6.45, 7) is 13.8. The first-order chi connectivity index (χ1) is 9.76. The molecule has 0 aromatic rings. The van der Waals surface area contributed by atoms with Crippen molar-refractivity contribution in [1.29, 1.82) is 0 Å². The Morgan fingerprint density at radius 1 is 1.14 bits per heavy atom. The van der Waals surface area contributed by atoms with E-state index in [1.165, 1.54) is 43.3 Å². The maximum Gasteiger partial charge on any atom is 0.158 e. The molecule has 0 spiro atoms. The van der Waals surface area contributed by atoms with Gasteiger partial charge in [-0.15, -0.1) is 0 Å². The van der Waals surface area contributed by atoms with E-state index in [0.717, 1.165) is 19.6 Å². The summed E-state index contributed by atoms with van der Waals surface area (Å²) in [4.78, 5) is 0. The lowest BCUT2D eigenvalue weighted by Crippen LogP contribution is -2.52. The van der Waals surface area contributed by atoms with Gasteiger partial charge in [-0.2, -0.15) is 0 Å². The van der Waals surface area contributed by atoms with Crippen LogP contribution in [-0.2, 0) is 9.47 Å². The van der Waals surface area contributed by atoms with Crippen molar-refractivity contribution < 1.29 is 14.0 Å². The third-order valence-corrected chi connectivity index (χ3v) is 4.91. The highest BCUT2D eigenvalue weighted by Gasteiger charge is 2.35. The summed E-state index contributed by atoms with van der Waals surface area (Å²) in [5.41, 5.74) is 0.393. The summed E-state index contributed by atoms with van der Waals surface area (Å²) in [6, 6.07) is 0. The molecule has 2 fully saturated rings. The fourth-order valence-electron chi connectivity index (χ4n) is 4.13. The Balaban J connectivity index is 1.73. The van der Waals surface area contributed by atoms with Crippen molar-refractivity contribution in [2.75, 3.05) is 33.3 Å². The first-order valence-electron chi connectivity index (χ1n) is 8.86. The van der Waals surface area contributed by atoms with Crippen LogP contribution in [-0.4, -0.2) is 50.2 Å². The van der Waals surface area contributed by atoms with Gasteiger partial charge < -0.3 is 14.0 Å². The molecule has 2 heterocycles. The molecule has 3 heteroatoms. The third kappa shape index (κ3) is 5.88. The highest BCUT2D eigenvalue weighted by Crippen LogP contribution is 2.29. The molecule has 0 aromatic heterocycles. The highest BCUT2D eigenvalue weighted by atomic mass is 16.7. The molecule has 0 radical (unpaired) electrons. The van der Waals surface area contributed by atoms with Crippen LogP contribution in [0.1, 0.15) is 59.8 Å². The Labute approximate surface area is 131 Å². The van der Waals surface area contributed by atoms with E-state index < -0.39 is 0 Å². The van der Waals surface area contributed by atoms with E-state index in [-0.39, 0.29) is 6.29 Å². The summed E-state index contributed by atoms with van der Waals surface area (Å²) >= 11 is 0. The zero-order valence-electron chi connectivity index (χ0n) is 14.9. The Morgan fingerprint density at radius 2 is 1.81 bits per heavy atom. The van der Waals surface area contributed by atoms with Gasteiger partial charge in [-0.05, 0) is 37.0 Å². The summed E-state index contributed by atoms with van der Waals surface area (Å²) in [7, 11) is 2.39. The Hall–Kier alpha value is -0.120. The second-order valence-corrected chi connectivity index (χ2v) is 8.94. The predicted molar refractivity (Wildman–Crippen MR) is 87.1 cm³/mol. The normalized spacial score (nSPS) is 31.3. The average Bonchev–Trinajstić information content (AvgIpc) is 2.73. The van der Waals surface area contributed by atoms with Crippen LogP contribution in [0.3, 0.4) is 0 Å². The van der Waals surface area contributed by atoms with Gasteiger partial charge in [0.15, 0.2) is 6.29 Å². The number of quaternary nitrogens is 1. The van der Waals surface area contributed by atoms with E-state index in [1.807, 2.05) is 0 Å². The van der Waals surface area contributed by atoms with Crippen molar-refractivity contribution in [3.05, 3.63) is 0 Å². The second-order valence-electron chi connectivity index (χ2n) is 8.94. The lowest BCUT2D eigenvalue weighted by Gasteiger charge is -2.39. The summed E-state index contributed by atoms with van der Waals surface area (Å²) in [6.07, 6.45) is 6.75. The molecule has 3 atom stereocenters. The molecule has 3 nitrogen and oxygen atoms in total. The molecule has 124 valence electrons. The van der Waals surface area contributed by atoms with E-state index in [2.05, 4.69) is 34.7 Å². The molecule has 2 rings (SSSR count). The molecule has 0 aromatic carbocycles. The van der Waals surface area contributed by atoms with Crippen molar-refractivity contribution in [3.8, 4) is 0 Å². The molecule has 0 N–H and O–H groups in total. The molecular weight excluding hydrogens is 262 g/mol. The number of likely N-dealkylation sites (N-methyl/N-ethyl adjacent to an activating group) is 1. The smallest absolute Gasteiger partial charge is 0.158 e. The fraction of sp³-hybridized carbons (Fsp3) is 1.00. The minimum absolute atomic E-state index is 0.0312. The molecule has 0 bridgehead atoms. The first kappa shape index (κ1) is 17.2. The summed E-state index contributed by atoms with van der Waals surface area (Å²) in [5, 5.41) is 0. The number of likely N-dealkylation sites (tertiary alicyclic amines) is 1. The van der Waals surface area contributed by atoms with Gasteiger partial charge in [0.25, 0.3) is 0 Å². The van der Waals surface area contributed by atoms with Gasteiger partial charge in [0.1, 0.15) is 12.6 Å². The number of rotatable bonds is 5. The Morgan fingerprint density at radius 3 is 2.43 bits per heavy atom. The Bertz CT molecular complexity index is 318. The van der Waals surface area contributed by atoms with Gasteiger partial charge in [-0.25, -0.2) is 0 Å². The minimum atomic E-state index is 0.0312. The van der Waals surface area contributed by atoms with Crippen molar-refractivity contribution in [2.24, 2.45) is 11.3 Å². The molecule has 2 saturated heterocycles. The van der Waals surface area contributed by atoms with E-state index in [9.17, 15) is 0 Å². The lowest BCUT2D eigenvalue weighted by molar-refractivity contribution is -0.916. The van der Waals surface area contributed by atoms with Crippen LogP contribution >= 0.6 is 0 Å². The van der Waals surface area contributed by atoms with Gasteiger partial charge in [0.2, 0.25) is 0 Å². The SMILES string of the molecule is C[C@H](C[C@@H]1OC[C@@H](C[N+]2(C)CCCCC2)O1)CC(C)(C)C. The van der Waals surface area contributed by atoms with E-state index in [1.54, 1.807) is 0 Å². The van der Waals surface area contributed by atoms with Crippen molar-refractivity contribution in [3.63, 3.8) is 0 Å². The lowest BCUT2D eigenvalue weighted by atomic mass is 9.84. The molecule has 0 amide bonds. The zero-order valence-corrected chi connectivity index (χ0v) is 14.9. The molecule has 2 aliphatic rings. The number of hydrogen-bond donors (Lipinski definition) is 0. The topological polar surface area (TPSA) is 18.5 Å². The molecule has 0 unspecified atom stereocenters. The number of nitrogens with zero attached hydrogens (tertiary/aromatic N) is 1. The van der Waals surface area contributed by atoms with E-state index >= 15 is 0 Å². The minimum Gasteiger partial charge on any atom is -0.350 e. The van der Waals surface area contributed by atoms with Crippen LogP contribution in [0.25, 0.3) is 0 Å². The van der Waals surface area contributed by atoms with Crippen LogP contribution < -0.4 is 0 Å². The quantitative estimate of drug-likeness (QED) is 0.718. The zero-order chi connectivity index (χ0) is 15.5. The monoisotopic (exact) mass is 298 g/mol. The summed E-state index contributed by atoms with van der Waals surface area (Å²) < 4.78 is 13.3. The third-order valence-electron chi connectivity index (χ3n) is 4.91. The van der Waals surface area contributed by atoms with Crippen molar-refractivity contribution in [2.45, 2.75) is 72.2 Å². The van der Waals surface area contributed by atoms with Crippen LogP contribution in [0.15, 0.2) is 0 Å².